The first-order chi connectivity index (χ1) is 8.99. The van der Waals surface area contributed by atoms with Crippen LogP contribution in [0.3, 0.4) is 0 Å². The van der Waals surface area contributed by atoms with E-state index in [0.29, 0.717) is 12.5 Å². The second-order valence-electron chi connectivity index (χ2n) is 5.00. The second-order valence-corrected chi connectivity index (χ2v) is 7.14. The summed E-state index contributed by atoms with van der Waals surface area (Å²) in [6, 6.07) is 5.02. The molecule has 1 aromatic carbocycles. The molecule has 1 saturated heterocycles. The molecule has 0 aliphatic carbocycles. The van der Waals surface area contributed by atoms with Crippen LogP contribution in [0.1, 0.15) is 18.4 Å². The van der Waals surface area contributed by atoms with Crippen LogP contribution in [0, 0.1) is 12.8 Å². The highest BCUT2D eigenvalue weighted by Crippen LogP contribution is 2.22. The van der Waals surface area contributed by atoms with E-state index >= 15 is 0 Å². The molecule has 0 radical (unpaired) electrons. The maximum absolute atomic E-state index is 12.2. The fourth-order valence-electron chi connectivity index (χ4n) is 2.22. The van der Waals surface area contributed by atoms with Gasteiger partial charge in [0.05, 0.1) is 5.02 Å². The summed E-state index contributed by atoms with van der Waals surface area (Å²) in [6.45, 7) is 4.19. The van der Waals surface area contributed by atoms with E-state index in [1.165, 1.54) is 0 Å². The second kappa shape index (κ2) is 7.61. The summed E-state index contributed by atoms with van der Waals surface area (Å²) in [5.41, 5.74) is 0.879. The fourth-order valence-corrected chi connectivity index (χ4v) is 3.92. The van der Waals surface area contributed by atoms with Gasteiger partial charge < -0.3 is 5.32 Å². The Kier molecular flexibility index (Phi) is 6.75. The average molecular weight is 339 g/mol. The lowest BCUT2D eigenvalue weighted by Crippen LogP contribution is -2.38. The summed E-state index contributed by atoms with van der Waals surface area (Å²) < 4.78 is 27.1. The number of hydrogen-bond acceptors (Lipinski definition) is 3. The predicted molar refractivity (Wildman–Crippen MR) is 84.2 cm³/mol. The Labute approximate surface area is 131 Å². The number of nitrogens with one attached hydrogen (secondary N) is 2. The van der Waals surface area contributed by atoms with Gasteiger partial charge in [-0.3, -0.25) is 0 Å². The Hall–Kier alpha value is -0.330. The molecule has 20 heavy (non-hydrogen) atoms. The summed E-state index contributed by atoms with van der Waals surface area (Å²) >= 11 is 5.97. The minimum absolute atomic E-state index is 0. The summed E-state index contributed by atoms with van der Waals surface area (Å²) in [4.78, 5) is 0.165. The molecule has 1 atom stereocenters. The third-order valence-electron chi connectivity index (χ3n) is 3.34. The van der Waals surface area contributed by atoms with Crippen molar-refractivity contribution in [2.24, 2.45) is 5.92 Å². The molecule has 2 rings (SSSR count). The van der Waals surface area contributed by atoms with E-state index in [0.717, 1.165) is 31.5 Å². The summed E-state index contributed by atoms with van der Waals surface area (Å²) in [7, 11) is -3.52. The Bertz CT molecular complexity index is 543. The summed E-state index contributed by atoms with van der Waals surface area (Å²) in [5, 5.41) is 3.53. The molecule has 0 spiro atoms. The normalized spacial score (nSPS) is 19.4. The maximum Gasteiger partial charge on any atom is 0.242 e. The molecule has 0 saturated carbocycles. The van der Waals surface area contributed by atoms with Crippen molar-refractivity contribution < 1.29 is 8.42 Å². The Morgan fingerprint density at radius 1 is 1.45 bits per heavy atom. The predicted octanol–water partition coefficient (Wildman–Crippen LogP) is 2.35. The van der Waals surface area contributed by atoms with Gasteiger partial charge in [0.2, 0.25) is 10.0 Å². The van der Waals surface area contributed by atoms with Gasteiger partial charge in [-0.25, -0.2) is 13.1 Å². The van der Waals surface area contributed by atoms with Gasteiger partial charge >= 0.3 is 0 Å². The van der Waals surface area contributed by atoms with Crippen LogP contribution >= 0.6 is 24.0 Å². The van der Waals surface area contributed by atoms with Crippen LogP contribution in [-0.2, 0) is 10.0 Å². The van der Waals surface area contributed by atoms with E-state index in [4.69, 9.17) is 11.6 Å². The molecular weight excluding hydrogens is 319 g/mol. The van der Waals surface area contributed by atoms with Crippen molar-refractivity contribution in [1.82, 2.24) is 10.0 Å². The van der Waals surface area contributed by atoms with Crippen molar-refractivity contribution >= 4 is 34.0 Å². The van der Waals surface area contributed by atoms with Crippen molar-refractivity contribution in [2.75, 3.05) is 19.6 Å². The first kappa shape index (κ1) is 17.7. The van der Waals surface area contributed by atoms with E-state index in [1.54, 1.807) is 18.2 Å². The highest BCUT2D eigenvalue weighted by Gasteiger charge is 2.20. The van der Waals surface area contributed by atoms with Crippen LogP contribution in [0.5, 0.6) is 0 Å². The van der Waals surface area contributed by atoms with E-state index in [9.17, 15) is 8.42 Å². The van der Waals surface area contributed by atoms with Crippen molar-refractivity contribution in [2.45, 2.75) is 24.7 Å². The van der Waals surface area contributed by atoms with E-state index in [2.05, 4.69) is 10.0 Å². The first-order valence-corrected chi connectivity index (χ1v) is 8.32. The molecule has 1 unspecified atom stereocenters. The quantitative estimate of drug-likeness (QED) is 0.885. The van der Waals surface area contributed by atoms with Crippen LogP contribution in [0.25, 0.3) is 0 Å². The molecule has 1 aliphatic rings. The van der Waals surface area contributed by atoms with Crippen molar-refractivity contribution in [1.29, 1.82) is 0 Å². The molecule has 0 amide bonds. The SMILES string of the molecule is Cc1ccc(Cl)c(S(=O)(=O)NCC2CCCNC2)c1.Cl. The fraction of sp³-hybridized carbons (Fsp3) is 0.538. The molecule has 4 nitrogen and oxygen atoms in total. The smallest absolute Gasteiger partial charge is 0.242 e. The molecule has 2 N–H and O–H groups in total. The lowest BCUT2D eigenvalue weighted by molar-refractivity contribution is 0.376. The maximum atomic E-state index is 12.2. The molecule has 0 bridgehead atoms. The Morgan fingerprint density at radius 3 is 2.85 bits per heavy atom. The molecule has 0 aromatic heterocycles. The Balaban J connectivity index is 0.00000200. The van der Waals surface area contributed by atoms with Crippen LogP contribution in [0.4, 0.5) is 0 Å². The largest absolute Gasteiger partial charge is 0.316 e. The van der Waals surface area contributed by atoms with Crippen molar-refractivity contribution in [3.63, 3.8) is 0 Å². The molecular formula is C13H20Cl2N2O2S. The number of piperidine rings is 1. The monoisotopic (exact) mass is 338 g/mol. The highest BCUT2D eigenvalue weighted by atomic mass is 35.5. The zero-order chi connectivity index (χ0) is 13.9. The zero-order valence-electron chi connectivity index (χ0n) is 11.4. The molecule has 1 heterocycles. The number of sulfonamides is 1. The highest BCUT2D eigenvalue weighted by molar-refractivity contribution is 7.89. The van der Waals surface area contributed by atoms with Gasteiger partial charge in [0.15, 0.2) is 0 Å². The lowest BCUT2D eigenvalue weighted by Gasteiger charge is -2.23. The average Bonchev–Trinajstić information content (AvgIpc) is 2.40. The molecule has 114 valence electrons. The van der Waals surface area contributed by atoms with Gasteiger partial charge in [-0.05, 0) is 56.5 Å². The summed E-state index contributed by atoms with van der Waals surface area (Å²) in [5.74, 6) is 0.354. The van der Waals surface area contributed by atoms with Crippen LogP contribution in [0.15, 0.2) is 23.1 Å². The first-order valence-electron chi connectivity index (χ1n) is 6.45. The Morgan fingerprint density at radius 2 is 2.20 bits per heavy atom. The van der Waals surface area contributed by atoms with Crippen LogP contribution in [0.2, 0.25) is 5.02 Å². The minimum Gasteiger partial charge on any atom is -0.316 e. The zero-order valence-corrected chi connectivity index (χ0v) is 13.7. The number of aryl methyl sites for hydroxylation is 1. The van der Waals surface area contributed by atoms with Gasteiger partial charge in [0.1, 0.15) is 4.90 Å². The number of halogens is 2. The molecule has 1 fully saturated rings. The minimum atomic E-state index is -3.52. The van der Waals surface area contributed by atoms with Crippen LogP contribution < -0.4 is 10.0 Å². The molecule has 7 heteroatoms. The van der Waals surface area contributed by atoms with E-state index in [1.807, 2.05) is 6.92 Å². The topological polar surface area (TPSA) is 58.2 Å². The van der Waals surface area contributed by atoms with Gasteiger partial charge in [0.25, 0.3) is 0 Å². The number of hydrogen-bond donors (Lipinski definition) is 2. The van der Waals surface area contributed by atoms with Crippen LogP contribution in [-0.4, -0.2) is 28.1 Å². The molecule has 1 aromatic rings. The lowest BCUT2D eigenvalue weighted by atomic mass is 10.0. The third kappa shape index (κ3) is 4.60. The number of benzene rings is 1. The van der Waals surface area contributed by atoms with Gasteiger partial charge in [-0.1, -0.05) is 17.7 Å². The van der Waals surface area contributed by atoms with Crippen molar-refractivity contribution in [3.8, 4) is 0 Å². The van der Waals surface area contributed by atoms with Gasteiger partial charge in [-0.2, -0.15) is 0 Å². The third-order valence-corrected chi connectivity index (χ3v) is 5.24. The summed E-state index contributed by atoms with van der Waals surface area (Å²) in [6.07, 6.45) is 2.15. The van der Waals surface area contributed by atoms with E-state index < -0.39 is 10.0 Å². The standard InChI is InChI=1S/C13H19ClN2O2S.ClH/c1-10-4-5-12(14)13(7-10)19(17,18)16-9-11-3-2-6-15-8-11;/h4-5,7,11,15-16H,2-3,6,8-9H2,1H3;1H. The van der Waals surface area contributed by atoms with Gasteiger partial charge in [0, 0.05) is 6.54 Å². The van der Waals surface area contributed by atoms with E-state index in [-0.39, 0.29) is 22.3 Å². The van der Waals surface area contributed by atoms with Gasteiger partial charge in [-0.15, -0.1) is 12.4 Å². The van der Waals surface area contributed by atoms with Crippen molar-refractivity contribution in [3.05, 3.63) is 28.8 Å². The number of rotatable bonds is 4. The molecule has 1 aliphatic heterocycles.